The molecule has 1 rings (SSSR count). The normalized spacial score (nSPS) is 18.6. The van der Waals surface area contributed by atoms with E-state index in [0.29, 0.717) is 5.92 Å². The maximum absolute atomic E-state index is 12.4. The third-order valence-electron chi connectivity index (χ3n) is 3.87. The molecule has 0 bridgehead atoms. The second-order valence-electron chi connectivity index (χ2n) is 6.78. The summed E-state index contributed by atoms with van der Waals surface area (Å²) in [6, 6.07) is 0.199. The van der Waals surface area contributed by atoms with Gasteiger partial charge in [-0.2, -0.15) is 0 Å². The summed E-state index contributed by atoms with van der Waals surface area (Å²) in [5.41, 5.74) is 5.66. The molecular formula is C15H33Cl2N3O. The Morgan fingerprint density at radius 3 is 2.14 bits per heavy atom. The van der Waals surface area contributed by atoms with Crippen molar-refractivity contribution < 1.29 is 4.79 Å². The number of carbonyl (C=O) groups is 1. The van der Waals surface area contributed by atoms with E-state index >= 15 is 0 Å². The van der Waals surface area contributed by atoms with Gasteiger partial charge in [0.15, 0.2) is 0 Å². The number of hydrogen-bond donors (Lipinski definition) is 2. The van der Waals surface area contributed by atoms with Gasteiger partial charge in [-0.15, -0.1) is 24.8 Å². The Hall–Kier alpha value is -0.0300. The first kappa shape index (κ1) is 23.2. The highest BCUT2D eigenvalue weighted by Gasteiger charge is 2.36. The number of hydrogen-bond acceptors (Lipinski definition) is 3. The van der Waals surface area contributed by atoms with Crippen molar-refractivity contribution in [3.05, 3.63) is 0 Å². The zero-order valence-corrected chi connectivity index (χ0v) is 15.5. The predicted octanol–water partition coefficient (Wildman–Crippen LogP) is 2.58. The van der Waals surface area contributed by atoms with Gasteiger partial charge in [0, 0.05) is 12.6 Å². The molecule has 4 nitrogen and oxygen atoms in total. The third-order valence-corrected chi connectivity index (χ3v) is 3.87. The molecule has 1 unspecified atom stereocenters. The molecule has 0 spiro atoms. The van der Waals surface area contributed by atoms with E-state index in [1.807, 2.05) is 14.1 Å². The van der Waals surface area contributed by atoms with Gasteiger partial charge in [-0.05, 0) is 39.3 Å². The molecule has 0 aliphatic heterocycles. The number of nitrogens with zero attached hydrogens (tertiary/aromatic N) is 1. The molecule has 6 heteroatoms. The molecule has 0 aromatic rings. The zero-order valence-electron chi connectivity index (χ0n) is 13.9. The van der Waals surface area contributed by atoms with Crippen LogP contribution in [0, 0.1) is 5.92 Å². The van der Waals surface area contributed by atoms with Gasteiger partial charge in [-0.25, -0.2) is 0 Å². The summed E-state index contributed by atoms with van der Waals surface area (Å²) in [7, 11) is 4.08. The number of carbonyl (C=O) groups excluding carboxylic acids is 1. The lowest BCUT2D eigenvalue weighted by atomic mass is 9.81. The summed E-state index contributed by atoms with van der Waals surface area (Å²) in [6.07, 6.45) is 6.02. The van der Waals surface area contributed by atoms with E-state index in [4.69, 9.17) is 5.73 Å². The zero-order chi connectivity index (χ0) is 14.5. The Bertz CT molecular complexity index is 283. The summed E-state index contributed by atoms with van der Waals surface area (Å²) in [5, 5.41) is 3.18. The van der Waals surface area contributed by atoms with Crippen LogP contribution in [0.2, 0.25) is 0 Å². The quantitative estimate of drug-likeness (QED) is 0.780. The molecule has 0 saturated heterocycles. The second kappa shape index (κ2) is 10.7. The van der Waals surface area contributed by atoms with Crippen molar-refractivity contribution >= 4 is 30.7 Å². The summed E-state index contributed by atoms with van der Waals surface area (Å²) in [6.45, 7) is 5.25. The fraction of sp³-hybridized carbons (Fsp3) is 0.933. The van der Waals surface area contributed by atoms with E-state index in [-0.39, 0.29) is 36.8 Å². The van der Waals surface area contributed by atoms with Crippen molar-refractivity contribution in [1.82, 2.24) is 10.2 Å². The summed E-state index contributed by atoms with van der Waals surface area (Å²) in [5.74, 6) is 0.630. The van der Waals surface area contributed by atoms with Gasteiger partial charge < -0.3 is 16.0 Å². The van der Waals surface area contributed by atoms with Crippen LogP contribution >= 0.6 is 24.8 Å². The number of amides is 1. The highest BCUT2D eigenvalue weighted by Crippen LogP contribution is 2.26. The Morgan fingerprint density at radius 1 is 1.19 bits per heavy atom. The standard InChI is InChI=1S/C15H31N3O.2ClH/c1-12(2)10-13(11-18(3)4)17-14(19)15(16)8-6-5-7-9-15;;/h12-13H,5-11,16H2,1-4H3,(H,17,19);2*1H. The fourth-order valence-electron chi connectivity index (χ4n) is 2.93. The van der Waals surface area contributed by atoms with E-state index < -0.39 is 5.54 Å². The molecule has 0 aromatic carbocycles. The number of halogens is 2. The minimum atomic E-state index is -0.625. The highest BCUT2D eigenvalue weighted by atomic mass is 35.5. The molecule has 1 amide bonds. The molecule has 128 valence electrons. The summed E-state index contributed by atoms with van der Waals surface area (Å²) >= 11 is 0. The van der Waals surface area contributed by atoms with Gasteiger partial charge in [0.25, 0.3) is 0 Å². The minimum Gasteiger partial charge on any atom is -0.350 e. The number of rotatable bonds is 6. The predicted molar refractivity (Wildman–Crippen MR) is 94.4 cm³/mol. The van der Waals surface area contributed by atoms with E-state index in [1.165, 1.54) is 6.42 Å². The van der Waals surface area contributed by atoms with Crippen molar-refractivity contribution in [3.8, 4) is 0 Å². The van der Waals surface area contributed by atoms with Crippen LogP contribution in [-0.4, -0.2) is 43.0 Å². The highest BCUT2D eigenvalue weighted by molar-refractivity contribution is 5.86. The lowest BCUT2D eigenvalue weighted by molar-refractivity contribution is -0.128. The Morgan fingerprint density at radius 2 is 1.71 bits per heavy atom. The molecule has 0 aromatic heterocycles. The van der Waals surface area contributed by atoms with E-state index in [0.717, 1.165) is 38.6 Å². The average Bonchev–Trinajstić information content (AvgIpc) is 2.27. The van der Waals surface area contributed by atoms with Gasteiger partial charge >= 0.3 is 0 Å². The first-order chi connectivity index (χ1) is 8.83. The van der Waals surface area contributed by atoms with Crippen LogP contribution in [0.25, 0.3) is 0 Å². The first-order valence-corrected chi connectivity index (χ1v) is 7.58. The van der Waals surface area contributed by atoms with Crippen molar-refractivity contribution in [2.45, 2.75) is 64.0 Å². The Labute approximate surface area is 142 Å². The van der Waals surface area contributed by atoms with Gasteiger partial charge in [0.1, 0.15) is 0 Å². The lowest BCUT2D eigenvalue weighted by Gasteiger charge is -2.34. The molecule has 3 N–H and O–H groups in total. The SMILES string of the molecule is CC(C)CC(CN(C)C)NC(=O)C1(N)CCCCC1.Cl.Cl. The third kappa shape index (κ3) is 8.24. The largest absolute Gasteiger partial charge is 0.350 e. The fourth-order valence-corrected chi connectivity index (χ4v) is 2.93. The smallest absolute Gasteiger partial charge is 0.240 e. The van der Waals surface area contributed by atoms with Crippen LogP contribution < -0.4 is 11.1 Å². The molecule has 1 saturated carbocycles. The number of likely N-dealkylation sites (N-methyl/N-ethyl adjacent to an activating group) is 1. The number of nitrogens with one attached hydrogen (secondary N) is 1. The van der Waals surface area contributed by atoms with Crippen LogP contribution in [0.4, 0.5) is 0 Å². The summed E-state index contributed by atoms with van der Waals surface area (Å²) < 4.78 is 0. The first-order valence-electron chi connectivity index (χ1n) is 7.58. The van der Waals surface area contributed by atoms with Crippen LogP contribution in [0.1, 0.15) is 52.4 Å². The van der Waals surface area contributed by atoms with E-state index in [9.17, 15) is 4.79 Å². The molecule has 0 heterocycles. The van der Waals surface area contributed by atoms with E-state index in [1.54, 1.807) is 0 Å². The van der Waals surface area contributed by atoms with Crippen LogP contribution in [-0.2, 0) is 4.79 Å². The monoisotopic (exact) mass is 341 g/mol. The molecule has 1 aliphatic carbocycles. The maximum Gasteiger partial charge on any atom is 0.240 e. The molecule has 1 aliphatic rings. The molecule has 0 radical (unpaired) electrons. The molecule has 21 heavy (non-hydrogen) atoms. The van der Waals surface area contributed by atoms with Gasteiger partial charge in [0.05, 0.1) is 5.54 Å². The molecule has 1 fully saturated rings. The van der Waals surface area contributed by atoms with Gasteiger partial charge in [0.2, 0.25) is 5.91 Å². The number of nitrogens with two attached hydrogens (primary N) is 1. The van der Waals surface area contributed by atoms with Crippen molar-refractivity contribution in [2.24, 2.45) is 11.7 Å². The topological polar surface area (TPSA) is 58.4 Å². The average molecular weight is 342 g/mol. The van der Waals surface area contributed by atoms with Crippen molar-refractivity contribution in [3.63, 3.8) is 0 Å². The minimum absolute atomic E-state index is 0. The summed E-state index contributed by atoms with van der Waals surface area (Å²) in [4.78, 5) is 14.6. The lowest BCUT2D eigenvalue weighted by Crippen LogP contribution is -2.58. The second-order valence-corrected chi connectivity index (χ2v) is 6.78. The Kier molecular flexibility index (Phi) is 11.8. The molecular weight excluding hydrogens is 309 g/mol. The van der Waals surface area contributed by atoms with Gasteiger partial charge in [-0.1, -0.05) is 33.1 Å². The van der Waals surface area contributed by atoms with Gasteiger partial charge in [-0.3, -0.25) is 4.79 Å². The van der Waals surface area contributed by atoms with Crippen LogP contribution in [0.3, 0.4) is 0 Å². The maximum atomic E-state index is 12.4. The van der Waals surface area contributed by atoms with Crippen molar-refractivity contribution in [1.29, 1.82) is 0 Å². The molecule has 1 atom stereocenters. The van der Waals surface area contributed by atoms with Crippen LogP contribution in [0.5, 0.6) is 0 Å². The van der Waals surface area contributed by atoms with Crippen molar-refractivity contribution in [2.75, 3.05) is 20.6 Å². The van der Waals surface area contributed by atoms with E-state index in [2.05, 4.69) is 24.1 Å². The Balaban J connectivity index is 0. The van der Waals surface area contributed by atoms with Crippen LogP contribution in [0.15, 0.2) is 0 Å².